The van der Waals surface area contributed by atoms with Crippen molar-refractivity contribution in [2.75, 3.05) is 0 Å². The zero-order chi connectivity index (χ0) is 25.7. The lowest BCUT2D eigenvalue weighted by Gasteiger charge is -2.14. The van der Waals surface area contributed by atoms with Gasteiger partial charge in [0.25, 0.3) is 0 Å². The van der Waals surface area contributed by atoms with Crippen molar-refractivity contribution in [3.63, 3.8) is 0 Å². The van der Waals surface area contributed by atoms with Crippen molar-refractivity contribution in [1.29, 1.82) is 0 Å². The zero-order valence-corrected chi connectivity index (χ0v) is 21.0. The Morgan fingerprint density at radius 2 is 1.29 bits per heavy atom. The van der Waals surface area contributed by atoms with Crippen LogP contribution in [0.5, 0.6) is 17.2 Å². The Kier molecular flexibility index (Phi) is 6.81. The van der Waals surface area contributed by atoms with Crippen LogP contribution in [0.4, 0.5) is 4.39 Å². The molecule has 1 aliphatic heterocycles. The molecule has 0 atom stereocenters. The predicted octanol–water partition coefficient (Wildman–Crippen LogP) is 9.40. The van der Waals surface area contributed by atoms with Crippen LogP contribution in [0.15, 0.2) is 132 Å². The van der Waals surface area contributed by atoms with Gasteiger partial charge in [-0.1, -0.05) is 72.8 Å². The van der Waals surface area contributed by atoms with Crippen LogP contribution in [0.2, 0.25) is 0 Å². The normalized spacial score (nSPS) is 11.0. The van der Waals surface area contributed by atoms with Crippen molar-refractivity contribution in [2.24, 2.45) is 0 Å². The van der Waals surface area contributed by atoms with Crippen LogP contribution >= 0.6 is 12.0 Å². The second-order valence-corrected chi connectivity index (χ2v) is 9.31. The summed E-state index contributed by atoms with van der Waals surface area (Å²) in [6, 6.07) is 37.6. The van der Waals surface area contributed by atoms with E-state index >= 15 is 0 Å². The number of halogens is 1. The third kappa shape index (κ3) is 5.00. The number of aromatic amines is 1. The highest BCUT2D eigenvalue weighted by Gasteiger charge is 2.23. The molecule has 0 bridgehead atoms. The first kappa shape index (κ1) is 23.9. The van der Waals surface area contributed by atoms with Gasteiger partial charge >= 0.3 is 0 Å². The minimum Gasteiger partial charge on any atom is -0.457 e. The van der Waals surface area contributed by atoms with E-state index in [1.807, 2.05) is 103 Å². The molecule has 0 unspecified atom stereocenters. The van der Waals surface area contributed by atoms with Crippen LogP contribution in [0.25, 0.3) is 33.5 Å². The first-order valence-electron chi connectivity index (χ1n) is 12.0. The maximum atomic E-state index is 14.9. The van der Waals surface area contributed by atoms with Crippen molar-refractivity contribution in [1.82, 2.24) is 4.98 Å². The number of nitrogens with one attached hydrogen (secondary N) is 1. The molecular formula is C32H22FNO3S. The molecule has 0 radical (unpaired) electrons. The second kappa shape index (κ2) is 10.8. The van der Waals surface area contributed by atoms with E-state index in [9.17, 15) is 4.39 Å². The molecule has 0 aromatic heterocycles. The summed E-state index contributed by atoms with van der Waals surface area (Å²) >= 11 is 1.11. The van der Waals surface area contributed by atoms with Gasteiger partial charge in [0, 0.05) is 33.3 Å². The number of ether oxygens (including phenoxy) is 1. The van der Waals surface area contributed by atoms with Gasteiger partial charge in [-0.15, -0.1) is 4.33 Å². The molecule has 0 amide bonds. The first-order chi connectivity index (χ1) is 18.8. The molecule has 186 valence electrons. The van der Waals surface area contributed by atoms with Gasteiger partial charge in [-0.3, -0.25) is 0 Å². The largest absolute Gasteiger partial charge is 0.457 e. The first-order valence-corrected chi connectivity index (χ1v) is 12.8. The Hall–Kier alpha value is -4.52. The molecule has 0 fully saturated rings. The fourth-order valence-corrected chi connectivity index (χ4v) is 4.75. The number of hydrogen-bond acceptors (Lipinski definition) is 4. The number of para-hydroxylation sites is 2. The number of rotatable bonds is 8. The van der Waals surface area contributed by atoms with E-state index in [1.165, 1.54) is 6.07 Å². The Bertz CT molecular complexity index is 1640. The minimum absolute atomic E-state index is 0.316. The molecule has 0 saturated carbocycles. The SMILES string of the molecule is Fc1ccccc1-c1cc(OOSc2ccccc2)c2[nH]cc(-c3ccccc3Oc3ccccc3)cc1-2. The maximum Gasteiger partial charge on any atom is 0.191 e. The lowest BCUT2D eigenvalue weighted by molar-refractivity contribution is -0.0770. The fraction of sp³-hybridized carbons (Fsp3) is 0. The molecule has 0 spiro atoms. The van der Waals surface area contributed by atoms with E-state index < -0.39 is 0 Å². The van der Waals surface area contributed by atoms with Crippen LogP contribution < -0.4 is 9.62 Å². The summed E-state index contributed by atoms with van der Waals surface area (Å²) in [7, 11) is 0. The van der Waals surface area contributed by atoms with Crippen molar-refractivity contribution in [2.45, 2.75) is 4.90 Å². The summed E-state index contributed by atoms with van der Waals surface area (Å²) in [5.41, 5.74) is 4.45. The summed E-state index contributed by atoms with van der Waals surface area (Å²) in [5, 5.41) is 0. The summed E-state index contributed by atoms with van der Waals surface area (Å²) in [5.74, 6) is 1.60. The Morgan fingerprint density at radius 1 is 0.605 bits per heavy atom. The highest BCUT2D eigenvalue weighted by atomic mass is 32.2. The predicted molar refractivity (Wildman–Crippen MR) is 149 cm³/mol. The van der Waals surface area contributed by atoms with Gasteiger partial charge in [0.05, 0.1) is 17.7 Å². The van der Waals surface area contributed by atoms with E-state index in [0.29, 0.717) is 28.3 Å². The van der Waals surface area contributed by atoms with Gasteiger partial charge < -0.3 is 14.6 Å². The molecule has 4 aromatic carbocycles. The lowest BCUT2D eigenvalue weighted by Crippen LogP contribution is -1.93. The standard InChI is InChI=1S/C32H22FNO3S/c33-29-17-9-7-16-26(29)27-20-31(36-37-38-24-13-5-2-6-14-24)32-28(27)19-22(21-34-32)25-15-8-10-18-30(25)35-23-11-3-1-4-12-23/h1-21,34H. The fourth-order valence-electron chi connectivity index (χ4n) is 4.30. The number of pyridine rings is 1. The number of aromatic nitrogens is 1. The Labute approximate surface area is 224 Å². The lowest BCUT2D eigenvalue weighted by atomic mass is 9.99. The molecule has 6 heteroatoms. The summed E-state index contributed by atoms with van der Waals surface area (Å²) in [4.78, 5) is 9.94. The molecule has 6 rings (SSSR count). The van der Waals surface area contributed by atoms with Gasteiger partial charge in [-0.2, -0.15) is 0 Å². The molecule has 38 heavy (non-hydrogen) atoms. The van der Waals surface area contributed by atoms with Gasteiger partial charge in [-0.25, -0.2) is 4.39 Å². The summed E-state index contributed by atoms with van der Waals surface area (Å²) in [6.45, 7) is 0. The van der Waals surface area contributed by atoms with Gasteiger partial charge in [0.2, 0.25) is 0 Å². The van der Waals surface area contributed by atoms with Crippen LogP contribution in [0, 0.1) is 5.82 Å². The Morgan fingerprint density at radius 3 is 2.08 bits per heavy atom. The third-order valence-corrected chi connectivity index (χ3v) is 6.68. The van der Waals surface area contributed by atoms with Gasteiger partial charge in [0.1, 0.15) is 17.3 Å². The van der Waals surface area contributed by atoms with Crippen LogP contribution in [0.3, 0.4) is 0 Å². The van der Waals surface area contributed by atoms with Crippen molar-refractivity contribution >= 4 is 12.0 Å². The van der Waals surface area contributed by atoms with Gasteiger partial charge in [0.15, 0.2) is 5.75 Å². The number of H-pyrrole nitrogens is 1. The third-order valence-electron chi connectivity index (χ3n) is 6.08. The van der Waals surface area contributed by atoms with E-state index in [1.54, 1.807) is 18.2 Å². The zero-order valence-electron chi connectivity index (χ0n) is 20.1. The van der Waals surface area contributed by atoms with Crippen LogP contribution in [-0.2, 0) is 4.33 Å². The average Bonchev–Trinajstić information content (AvgIpc) is 3.32. The molecule has 0 saturated heterocycles. The van der Waals surface area contributed by atoms with Crippen molar-refractivity contribution < 1.29 is 18.3 Å². The summed E-state index contributed by atoms with van der Waals surface area (Å²) in [6.07, 6.45) is 1.89. The Balaban J connectivity index is 1.39. The van der Waals surface area contributed by atoms with Crippen molar-refractivity contribution in [3.8, 4) is 50.8 Å². The van der Waals surface area contributed by atoms with Crippen LogP contribution in [0.1, 0.15) is 0 Å². The molecule has 4 aromatic rings. The van der Waals surface area contributed by atoms with Gasteiger partial charge in [-0.05, 0) is 54.1 Å². The van der Waals surface area contributed by atoms with Crippen LogP contribution in [-0.4, -0.2) is 4.98 Å². The molecule has 2 aliphatic rings. The van der Waals surface area contributed by atoms with E-state index in [2.05, 4.69) is 4.98 Å². The van der Waals surface area contributed by atoms with E-state index in [4.69, 9.17) is 14.0 Å². The minimum atomic E-state index is -0.316. The highest BCUT2D eigenvalue weighted by Crippen LogP contribution is 2.46. The monoisotopic (exact) mass is 519 g/mol. The smallest absolute Gasteiger partial charge is 0.191 e. The molecule has 1 aliphatic carbocycles. The second-order valence-electron chi connectivity index (χ2n) is 8.54. The quantitative estimate of drug-likeness (QED) is 0.124. The topological polar surface area (TPSA) is 43.5 Å². The maximum absolute atomic E-state index is 14.9. The summed E-state index contributed by atoms with van der Waals surface area (Å²) < 4.78 is 26.6. The van der Waals surface area contributed by atoms with Crippen molar-refractivity contribution in [3.05, 3.63) is 133 Å². The highest BCUT2D eigenvalue weighted by molar-refractivity contribution is 7.94. The van der Waals surface area contributed by atoms with E-state index in [0.717, 1.165) is 39.4 Å². The number of benzene rings is 4. The molecule has 1 heterocycles. The van der Waals surface area contributed by atoms with E-state index in [-0.39, 0.29) is 5.82 Å². The number of fused-ring (bicyclic) bond motifs is 1. The molecule has 1 N–H and O–H groups in total. The number of hydrogen-bond donors (Lipinski definition) is 1. The molecular weight excluding hydrogens is 497 g/mol. The molecule has 4 nitrogen and oxygen atoms in total. The average molecular weight is 520 g/mol.